The first-order chi connectivity index (χ1) is 11.4. The van der Waals surface area contributed by atoms with Crippen LogP contribution in [0.2, 0.25) is 0 Å². The maximum atomic E-state index is 12.1. The van der Waals surface area contributed by atoms with E-state index in [1.165, 1.54) is 0 Å². The monoisotopic (exact) mass is 330 g/mol. The van der Waals surface area contributed by atoms with Crippen LogP contribution >= 0.6 is 0 Å². The summed E-state index contributed by atoms with van der Waals surface area (Å²) in [6.07, 6.45) is 14.1. The van der Waals surface area contributed by atoms with Gasteiger partial charge in [-0.25, -0.2) is 0 Å². The van der Waals surface area contributed by atoms with Gasteiger partial charge in [0.15, 0.2) is 0 Å². The lowest BCUT2D eigenvalue weighted by Gasteiger charge is -2.59. The third-order valence-electron chi connectivity index (χ3n) is 8.61. The summed E-state index contributed by atoms with van der Waals surface area (Å²) in [5, 5.41) is 11.0. The average Bonchev–Trinajstić information content (AvgIpc) is 2.86. The van der Waals surface area contributed by atoms with E-state index in [0.29, 0.717) is 35.9 Å². The third kappa shape index (κ3) is 1.96. The molecule has 4 aliphatic carbocycles. The number of terminal acetylenes is 1. The molecule has 0 aromatic heterocycles. The van der Waals surface area contributed by atoms with E-state index in [0.717, 1.165) is 51.4 Å². The van der Waals surface area contributed by atoms with Gasteiger partial charge in [0.25, 0.3) is 0 Å². The van der Waals surface area contributed by atoms with Crippen LogP contribution in [0.5, 0.6) is 0 Å². The molecule has 7 atom stereocenters. The Bertz CT molecular complexity index is 592. The van der Waals surface area contributed by atoms with Gasteiger partial charge in [0.1, 0.15) is 11.4 Å². The molecule has 4 saturated carbocycles. The zero-order chi connectivity index (χ0) is 17.2. The summed E-state index contributed by atoms with van der Waals surface area (Å²) in [5.74, 6) is 5.40. The van der Waals surface area contributed by atoms with Gasteiger partial charge in [-0.15, -0.1) is 6.42 Å². The minimum Gasteiger partial charge on any atom is -0.377 e. The fourth-order valence-corrected chi connectivity index (χ4v) is 7.23. The largest absolute Gasteiger partial charge is 0.377 e. The highest BCUT2D eigenvalue weighted by molar-refractivity contribution is 5.80. The zero-order valence-electron chi connectivity index (χ0n) is 15.0. The van der Waals surface area contributed by atoms with E-state index in [9.17, 15) is 9.90 Å². The lowest BCUT2D eigenvalue weighted by Crippen LogP contribution is -2.58. The van der Waals surface area contributed by atoms with Crippen LogP contribution < -0.4 is 0 Å². The van der Waals surface area contributed by atoms with E-state index < -0.39 is 5.60 Å². The Morgan fingerprint density at radius 1 is 1.12 bits per heavy atom. The normalized spacial score (nSPS) is 53.7. The minimum absolute atomic E-state index is 0.138. The Balaban J connectivity index is 1.65. The van der Waals surface area contributed by atoms with E-state index in [1.54, 1.807) is 7.11 Å². The van der Waals surface area contributed by atoms with Crippen molar-refractivity contribution in [1.29, 1.82) is 0 Å². The predicted molar refractivity (Wildman–Crippen MR) is 92.1 cm³/mol. The maximum Gasteiger partial charge on any atom is 0.135 e. The first-order valence-electron chi connectivity index (χ1n) is 9.66. The summed E-state index contributed by atoms with van der Waals surface area (Å²) < 4.78 is 6.00. The molecule has 24 heavy (non-hydrogen) atoms. The molecule has 0 amide bonds. The van der Waals surface area contributed by atoms with Crippen LogP contribution in [0.4, 0.5) is 0 Å². The molecule has 0 radical (unpaired) electrons. The number of hydrogen-bond acceptors (Lipinski definition) is 3. The molecule has 0 aliphatic heterocycles. The molecule has 0 aromatic rings. The van der Waals surface area contributed by atoms with Gasteiger partial charge in [-0.2, -0.15) is 0 Å². The summed E-state index contributed by atoms with van der Waals surface area (Å²) in [6, 6.07) is 0. The van der Waals surface area contributed by atoms with E-state index in [4.69, 9.17) is 11.2 Å². The lowest BCUT2D eigenvalue weighted by atomic mass is 9.48. The predicted octanol–water partition coefficient (Wildman–Crippen LogP) is 3.34. The van der Waals surface area contributed by atoms with Gasteiger partial charge in [-0.3, -0.25) is 4.79 Å². The Kier molecular flexibility index (Phi) is 3.68. The molecule has 132 valence electrons. The summed E-state index contributed by atoms with van der Waals surface area (Å²) in [6.45, 7) is 2.23. The number of rotatable bonds is 1. The fourth-order valence-electron chi connectivity index (χ4n) is 7.23. The number of ketones is 1. The van der Waals surface area contributed by atoms with Crippen molar-refractivity contribution in [2.75, 3.05) is 7.11 Å². The molecular formula is C21H30O3. The second-order valence-corrected chi connectivity index (χ2v) is 9.10. The van der Waals surface area contributed by atoms with Gasteiger partial charge in [0.05, 0.1) is 5.60 Å². The van der Waals surface area contributed by atoms with Gasteiger partial charge in [-0.05, 0) is 68.6 Å². The molecule has 3 nitrogen and oxygen atoms in total. The van der Waals surface area contributed by atoms with Gasteiger partial charge < -0.3 is 9.84 Å². The number of hydrogen-bond donors (Lipinski definition) is 1. The molecule has 0 aromatic carbocycles. The highest BCUT2D eigenvalue weighted by atomic mass is 16.5. The summed E-state index contributed by atoms with van der Waals surface area (Å²) in [7, 11) is 1.80. The number of ether oxygens (including phenoxy) is 1. The second-order valence-electron chi connectivity index (χ2n) is 9.10. The van der Waals surface area contributed by atoms with Gasteiger partial charge in [0, 0.05) is 25.4 Å². The second kappa shape index (κ2) is 5.32. The maximum absolute atomic E-state index is 12.1. The van der Waals surface area contributed by atoms with Crippen molar-refractivity contribution in [3.63, 3.8) is 0 Å². The third-order valence-corrected chi connectivity index (χ3v) is 8.61. The molecule has 0 heterocycles. The first-order valence-corrected chi connectivity index (χ1v) is 9.66. The van der Waals surface area contributed by atoms with Crippen LogP contribution in [0.3, 0.4) is 0 Å². The standard InChI is InChI=1S/C21H30O3/c1-4-21(23)12-9-17-15-8-11-20(24-3)13-14(22)5-6-18(20)16(15)7-10-19(17,21)2/h1,15-18,23H,5-13H2,2-3H3. The first kappa shape index (κ1) is 16.6. The van der Waals surface area contributed by atoms with Crippen LogP contribution in [0.1, 0.15) is 64.7 Å². The molecular weight excluding hydrogens is 300 g/mol. The molecule has 4 rings (SSSR count). The van der Waals surface area contributed by atoms with Crippen LogP contribution in [0.15, 0.2) is 0 Å². The van der Waals surface area contributed by atoms with Crippen molar-refractivity contribution < 1.29 is 14.6 Å². The SMILES string of the molecule is C#CC1(O)CCC2C3CCC4(OC)CC(=O)CCC4C3CCC21C. The van der Waals surface area contributed by atoms with Crippen molar-refractivity contribution in [2.24, 2.45) is 29.1 Å². The summed E-state index contributed by atoms with van der Waals surface area (Å²) in [4.78, 5) is 12.1. The highest BCUT2D eigenvalue weighted by Crippen LogP contribution is 2.65. The van der Waals surface area contributed by atoms with Crippen molar-refractivity contribution in [3.8, 4) is 12.3 Å². The van der Waals surface area contributed by atoms with E-state index in [2.05, 4.69) is 12.8 Å². The number of methoxy groups -OCH3 is 1. The van der Waals surface area contributed by atoms with Crippen molar-refractivity contribution in [3.05, 3.63) is 0 Å². The quantitative estimate of drug-likeness (QED) is 0.750. The van der Waals surface area contributed by atoms with E-state index >= 15 is 0 Å². The molecule has 4 aliphatic rings. The summed E-state index contributed by atoms with van der Waals surface area (Å²) >= 11 is 0. The van der Waals surface area contributed by atoms with Gasteiger partial charge in [0.2, 0.25) is 0 Å². The lowest BCUT2D eigenvalue weighted by molar-refractivity contribution is -0.179. The van der Waals surface area contributed by atoms with Crippen LogP contribution in [-0.4, -0.2) is 29.2 Å². The topological polar surface area (TPSA) is 46.5 Å². The van der Waals surface area contributed by atoms with Crippen molar-refractivity contribution in [1.82, 2.24) is 0 Å². The van der Waals surface area contributed by atoms with Crippen molar-refractivity contribution >= 4 is 5.78 Å². The smallest absolute Gasteiger partial charge is 0.135 e. The molecule has 0 bridgehead atoms. The van der Waals surface area contributed by atoms with E-state index in [-0.39, 0.29) is 11.0 Å². The molecule has 0 saturated heterocycles. The van der Waals surface area contributed by atoms with Crippen LogP contribution in [0.25, 0.3) is 0 Å². The Labute approximate surface area is 145 Å². The number of carbonyl (C=O) groups is 1. The number of aliphatic hydroxyl groups is 1. The molecule has 0 spiro atoms. The highest BCUT2D eigenvalue weighted by Gasteiger charge is 2.64. The fraction of sp³-hybridized carbons (Fsp3) is 0.857. The van der Waals surface area contributed by atoms with E-state index in [1.807, 2.05) is 0 Å². The number of carbonyl (C=O) groups excluding carboxylic acids is 1. The van der Waals surface area contributed by atoms with Crippen LogP contribution in [-0.2, 0) is 9.53 Å². The van der Waals surface area contributed by atoms with Crippen LogP contribution in [0, 0.1) is 41.4 Å². The number of fused-ring (bicyclic) bond motifs is 5. The molecule has 7 unspecified atom stereocenters. The zero-order valence-corrected chi connectivity index (χ0v) is 15.0. The Morgan fingerprint density at radius 3 is 2.54 bits per heavy atom. The van der Waals surface area contributed by atoms with Gasteiger partial charge in [-0.1, -0.05) is 12.8 Å². The Morgan fingerprint density at radius 2 is 1.83 bits per heavy atom. The molecule has 3 heteroatoms. The van der Waals surface area contributed by atoms with Gasteiger partial charge >= 0.3 is 0 Å². The number of Topliss-reactive ketones (excluding diaryl/α,β-unsaturated/α-hetero) is 1. The van der Waals surface area contributed by atoms with Crippen molar-refractivity contribution in [2.45, 2.75) is 75.9 Å². The minimum atomic E-state index is -0.930. The molecule has 1 N–H and O–H groups in total. The Hall–Kier alpha value is -0.850. The summed E-state index contributed by atoms with van der Waals surface area (Å²) in [5.41, 5.74) is -1.29. The average molecular weight is 330 g/mol. The molecule has 4 fully saturated rings.